The van der Waals surface area contributed by atoms with Gasteiger partial charge in [-0.25, -0.2) is 0 Å². The summed E-state index contributed by atoms with van der Waals surface area (Å²) < 4.78 is 21.3. The van der Waals surface area contributed by atoms with Gasteiger partial charge in [0.15, 0.2) is 11.5 Å². The lowest BCUT2D eigenvalue weighted by molar-refractivity contribution is -0.155. The molecule has 0 aromatic heterocycles. The van der Waals surface area contributed by atoms with Gasteiger partial charge in [-0.15, -0.1) is 0 Å². The fourth-order valence-electron chi connectivity index (χ4n) is 3.32. The predicted molar refractivity (Wildman–Crippen MR) is 134 cm³/mol. The molecule has 1 rings (SSSR count). The standard InChI is InChI=1S/C27H41NO8/c1-16(2)9-12-23(29)34-19(7)14-27(28,26(32)33-8)15-20-10-11-21(35-24(30)17(3)4)22(13-20)36-25(31)18(5)6/h10-11,13,16-19H,9,12,14-15,28H2,1-8H3/t19-,27?/m0/s1. The van der Waals surface area contributed by atoms with Crippen molar-refractivity contribution in [2.45, 2.75) is 85.8 Å². The van der Waals surface area contributed by atoms with Gasteiger partial charge in [0.1, 0.15) is 11.6 Å². The SMILES string of the molecule is COC(=O)C(N)(Cc1ccc(OC(=O)C(C)C)c(OC(=O)C(C)C)c1)C[C@H](C)OC(=O)CCC(C)C. The van der Waals surface area contributed by atoms with Crippen molar-refractivity contribution in [3.05, 3.63) is 23.8 Å². The number of methoxy groups -OCH3 is 1. The van der Waals surface area contributed by atoms with Crippen molar-refractivity contribution in [2.24, 2.45) is 23.5 Å². The van der Waals surface area contributed by atoms with Crippen LogP contribution in [-0.2, 0) is 35.1 Å². The van der Waals surface area contributed by atoms with Gasteiger partial charge in [-0.3, -0.25) is 19.2 Å². The molecule has 0 radical (unpaired) electrons. The first-order valence-corrected chi connectivity index (χ1v) is 12.3. The quantitative estimate of drug-likeness (QED) is 0.311. The number of hydrogen-bond acceptors (Lipinski definition) is 9. The summed E-state index contributed by atoms with van der Waals surface area (Å²) in [5.41, 5.74) is 5.50. The molecule has 202 valence electrons. The highest BCUT2D eigenvalue weighted by Gasteiger charge is 2.38. The van der Waals surface area contributed by atoms with Crippen molar-refractivity contribution < 1.29 is 38.1 Å². The zero-order chi connectivity index (χ0) is 27.6. The molecule has 0 fully saturated rings. The molecule has 0 spiro atoms. The third-order valence-electron chi connectivity index (χ3n) is 5.39. The van der Waals surface area contributed by atoms with Gasteiger partial charge in [-0.1, -0.05) is 47.6 Å². The van der Waals surface area contributed by atoms with Crippen LogP contribution >= 0.6 is 0 Å². The Hall–Kier alpha value is -2.94. The normalized spacial score (nSPS) is 13.8. The van der Waals surface area contributed by atoms with Gasteiger partial charge in [0.05, 0.1) is 18.9 Å². The van der Waals surface area contributed by atoms with Crippen LogP contribution in [0.3, 0.4) is 0 Å². The van der Waals surface area contributed by atoms with Crippen molar-refractivity contribution in [3.8, 4) is 11.5 Å². The van der Waals surface area contributed by atoms with E-state index in [4.69, 9.17) is 24.7 Å². The van der Waals surface area contributed by atoms with E-state index in [0.29, 0.717) is 17.9 Å². The molecule has 9 nitrogen and oxygen atoms in total. The van der Waals surface area contributed by atoms with E-state index in [2.05, 4.69) is 0 Å². The third kappa shape index (κ3) is 9.97. The van der Waals surface area contributed by atoms with Crippen LogP contribution in [0.2, 0.25) is 0 Å². The second-order valence-corrected chi connectivity index (χ2v) is 10.2. The minimum Gasteiger partial charge on any atom is -0.468 e. The molecule has 0 bridgehead atoms. The fraction of sp³-hybridized carbons (Fsp3) is 0.630. The summed E-state index contributed by atoms with van der Waals surface area (Å²) in [6.07, 6.45) is 0.343. The summed E-state index contributed by atoms with van der Waals surface area (Å²) in [6.45, 7) is 12.4. The minimum absolute atomic E-state index is 0.00179. The van der Waals surface area contributed by atoms with Crippen LogP contribution in [0.25, 0.3) is 0 Å². The first-order valence-electron chi connectivity index (χ1n) is 12.3. The Morgan fingerprint density at radius 3 is 1.94 bits per heavy atom. The summed E-state index contributed by atoms with van der Waals surface area (Å²) in [7, 11) is 1.23. The molecular weight excluding hydrogens is 466 g/mol. The van der Waals surface area contributed by atoms with Gasteiger partial charge < -0.3 is 24.7 Å². The van der Waals surface area contributed by atoms with Gasteiger partial charge in [0, 0.05) is 19.3 Å². The van der Waals surface area contributed by atoms with Crippen LogP contribution in [0.1, 0.15) is 73.3 Å². The second-order valence-electron chi connectivity index (χ2n) is 10.2. The van der Waals surface area contributed by atoms with Crippen LogP contribution in [0, 0.1) is 17.8 Å². The van der Waals surface area contributed by atoms with E-state index in [9.17, 15) is 19.2 Å². The minimum atomic E-state index is -1.53. The highest BCUT2D eigenvalue weighted by molar-refractivity contribution is 5.81. The Kier molecular flexibility index (Phi) is 12.1. The van der Waals surface area contributed by atoms with E-state index in [0.717, 1.165) is 0 Å². The highest BCUT2D eigenvalue weighted by atomic mass is 16.6. The van der Waals surface area contributed by atoms with Crippen molar-refractivity contribution in [1.82, 2.24) is 0 Å². The molecule has 0 amide bonds. The van der Waals surface area contributed by atoms with Crippen molar-refractivity contribution in [2.75, 3.05) is 7.11 Å². The van der Waals surface area contributed by atoms with E-state index in [-0.39, 0.29) is 42.6 Å². The lowest BCUT2D eigenvalue weighted by Crippen LogP contribution is -2.53. The number of carbonyl (C=O) groups excluding carboxylic acids is 4. The maximum atomic E-state index is 12.7. The van der Waals surface area contributed by atoms with E-state index >= 15 is 0 Å². The molecule has 0 aliphatic heterocycles. The number of benzene rings is 1. The fourth-order valence-corrected chi connectivity index (χ4v) is 3.32. The molecular formula is C27H41NO8. The average Bonchev–Trinajstić information content (AvgIpc) is 2.78. The molecule has 0 saturated heterocycles. The number of ether oxygens (including phenoxy) is 4. The molecule has 9 heteroatoms. The molecule has 1 aromatic rings. The Morgan fingerprint density at radius 2 is 1.44 bits per heavy atom. The zero-order valence-electron chi connectivity index (χ0n) is 22.7. The van der Waals surface area contributed by atoms with E-state index in [1.165, 1.54) is 19.2 Å². The second kappa shape index (κ2) is 14.0. The molecule has 0 saturated carbocycles. The summed E-state index contributed by atoms with van der Waals surface area (Å²) >= 11 is 0. The Labute approximate surface area is 214 Å². The molecule has 0 heterocycles. The van der Waals surface area contributed by atoms with E-state index in [1.807, 2.05) is 13.8 Å². The van der Waals surface area contributed by atoms with Gasteiger partial charge in [-0.2, -0.15) is 0 Å². The topological polar surface area (TPSA) is 131 Å². The predicted octanol–water partition coefficient (Wildman–Crippen LogP) is 3.98. The number of nitrogens with two attached hydrogens (primary N) is 1. The first kappa shape index (κ1) is 31.1. The molecule has 2 N–H and O–H groups in total. The molecule has 36 heavy (non-hydrogen) atoms. The molecule has 0 aliphatic carbocycles. The van der Waals surface area contributed by atoms with Gasteiger partial charge in [0.2, 0.25) is 0 Å². The number of esters is 4. The number of rotatable bonds is 13. The van der Waals surface area contributed by atoms with Crippen molar-refractivity contribution >= 4 is 23.9 Å². The average molecular weight is 508 g/mol. The largest absolute Gasteiger partial charge is 0.468 e. The Bertz CT molecular complexity index is 924. The van der Waals surface area contributed by atoms with E-state index in [1.54, 1.807) is 40.7 Å². The maximum absolute atomic E-state index is 12.7. The van der Waals surface area contributed by atoms with Crippen LogP contribution in [0.4, 0.5) is 0 Å². The molecule has 1 aromatic carbocycles. The summed E-state index contributed by atoms with van der Waals surface area (Å²) in [6, 6.07) is 4.62. The highest BCUT2D eigenvalue weighted by Crippen LogP contribution is 2.32. The summed E-state index contributed by atoms with van der Waals surface area (Å²) in [5.74, 6) is -2.36. The van der Waals surface area contributed by atoms with Crippen molar-refractivity contribution in [3.63, 3.8) is 0 Å². The third-order valence-corrected chi connectivity index (χ3v) is 5.39. The Morgan fingerprint density at radius 1 is 0.889 bits per heavy atom. The van der Waals surface area contributed by atoms with Crippen LogP contribution in [0.5, 0.6) is 11.5 Å². The summed E-state index contributed by atoms with van der Waals surface area (Å²) in [4.78, 5) is 49.2. The first-order chi connectivity index (χ1) is 16.7. The lowest BCUT2D eigenvalue weighted by Gasteiger charge is -2.29. The van der Waals surface area contributed by atoms with Gasteiger partial charge >= 0.3 is 23.9 Å². The molecule has 1 unspecified atom stereocenters. The van der Waals surface area contributed by atoms with E-state index < -0.39 is 35.5 Å². The summed E-state index contributed by atoms with van der Waals surface area (Å²) in [5, 5.41) is 0. The monoisotopic (exact) mass is 507 g/mol. The lowest BCUT2D eigenvalue weighted by atomic mass is 9.86. The zero-order valence-corrected chi connectivity index (χ0v) is 22.7. The molecule has 0 aliphatic rings. The molecule has 2 atom stereocenters. The van der Waals surface area contributed by atoms with Crippen LogP contribution in [0.15, 0.2) is 18.2 Å². The smallest absolute Gasteiger partial charge is 0.326 e. The van der Waals surface area contributed by atoms with Gasteiger partial charge in [0.25, 0.3) is 0 Å². The van der Waals surface area contributed by atoms with Crippen molar-refractivity contribution in [1.29, 1.82) is 0 Å². The maximum Gasteiger partial charge on any atom is 0.326 e. The Balaban J connectivity index is 3.19. The van der Waals surface area contributed by atoms with Gasteiger partial charge in [-0.05, 0) is 37.0 Å². The van der Waals surface area contributed by atoms with Crippen LogP contribution in [-0.4, -0.2) is 42.6 Å². The number of hydrogen-bond donors (Lipinski definition) is 1. The number of carbonyl (C=O) groups is 4. The van der Waals surface area contributed by atoms with Crippen LogP contribution < -0.4 is 15.2 Å².